The van der Waals surface area contributed by atoms with E-state index in [-0.39, 0.29) is 11.0 Å². The molecule has 0 saturated heterocycles. The van der Waals surface area contributed by atoms with E-state index < -0.39 is 0 Å². The molecule has 0 aromatic heterocycles. The van der Waals surface area contributed by atoms with Gasteiger partial charge in [-0.25, -0.2) is 0 Å². The SMILES string of the molecule is C#CC(C)(C)CC(C)(C)OCCSSc1ccc(C)cc1. The lowest BCUT2D eigenvalue weighted by molar-refractivity contribution is -0.0302. The molecule has 0 fully saturated rings. The van der Waals surface area contributed by atoms with Crippen LogP contribution >= 0.6 is 21.6 Å². The van der Waals surface area contributed by atoms with Crippen LogP contribution < -0.4 is 0 Å². The predicted molar refractivity (Wildman–Crippen MR) is 96.8 cm³/mol. The van der Waals surface area contributed by atoms with E-state index in [1.165, 1.54) is 10.5 Å². The number of rotatable bonds is 8. The molecule has 0 radical (unpaired) electrons. The zero-order valence-corrected chi connectivity index (χ0v) is 15.4. The third-order valence-electron chi connectivity index (χ3n) is 3.09. The van der Waals surface area contributed by atoms with E-state index in [2.05, 4.69) is 64.8 Å². The van der Waals surface area contributed by atoms with E-state index >= 15 is 0 Å². The van der Waals surface area contributed by atoms with E-state index in [1.54, 1.807) is 10.8 Å². The first-order chi connectivity index (χ1) is 9.74. The van der Waals surface area contributed by atoms with Crippen LogP contribution in [0.15, 0.2) is 29.2 Å². The Morgan fingerprint density at radius 2 is 1.76 bits per heavy atom. The van der Waals surface area contributed by atoms with Crippen LogP contribution in [0.5, 0.6) is 0 Å². The Bertz CT molecular complexity index is 469. The molecule has 0 bridgehead atoms. The van der Waals surface area contributed by atoms with Gasteiger partial charge in [0.05, 0.1) is 12.2 Å². The fraction of sp³-hybridized carbons (Fsp3) is 0.556. The van der Waals surface area contributed by atoms with E-state index in [1.807, 2.05) is 10.8 Å². The van der Waals surface area contributed by atoms with E-state index in [0.717, 1.165) is 18.8 Å². The fourth-order valence-corrected chi connectivity index (χ4v) is 4.04. The average molecular weight is 323 g/mol. The summed E-state index contributed by atoms with van der Waals surface area (Å²) in [5.74, 6) is 3.81. The molecule has 0 saturated carbocycles. The summed E-state index contributed by atoms with van der Waals surface area (Å²) < 4.78 is 5.99. The number of benzene rings is 1. The van der Waals surface area contributed by atoms with Crippen molar-refractivity contribution in [2.24, 2.45) is 5.41 Å². The molecule has 0 atom stereocenters. The Morgan fingerprint density at radius 3 is 2.33 bits per heavy atom. The van der Waals surface area contributed by atoms with Crippen molar-refractivity contribution in [1.82, 2.24) is 0 Å². The summed E-state index contributed by atoms with van der Waals surface area (Å²) in [6.45, 7) is 11.3. The summed E-state index contributed by atoms with van der Waals surface area (Å²) in [5, 5.41) is 0. The quantitative estimate of drug-likeness (QED) is 0.351. The lowest BCUT2D eigenvalue weighted by atomic mass is 9.82. The number of hydrogen-bond acceptors (Lipinski definition) is 3. The summed E-state index contributed by atoms with van der Waals surface area (Å²) >= 11 is 0. The van der Waals surface area contributed by atoms with Crippen molar-refractivity contribution >= 4 is 21.6 Å². The molecule has 0 N–H and O–H groups in total. The molecule has 0 spiro atoms. The molecule has 0 unspecified atom stereocenters. The second-order valence-electron chi connectivity index (χ2n) is 6.53. The van der Waals surface area contributed by atoms with Crippen LogP contribution in [0, 0.1) is 24.7 Å². The molecular formula is C18H26OS2. The van der Waals surface area contributed by atoms with Crippen LogP contribution in [0.3, 0.4) is 0 Å². The van der Waals surface area contributed by atoms with Gasteiger partial charge in [-0.2, -0.15) is 0 Å². The molecule has 116 valence electrons. The van der Waals surface area contributed by atoms with E-state index in [0.29, 0.717) is 0 Å². The smallest absolute Gasteiger partial charge is 0.0641 e. The topological polar surface area (TPSA) is 9.23 Å². The largest absolute Gasteiger partial charge is 0.375 e. The molecule has 0 aliphatic rings. The second kappa shape index (κ2) is 8.17. The van der Waals surface area contributed by atoms with Gasteiger partial charge in [0.15, 0.2) is 0 Å². The van der Waals surface area contributed by atoms with Crippen molar-refractivity contribution in [2.45, 2.75) is 51.5 Å². The third-order valence-corrected chi connectivity index (χ3v) is 5.44. The van der Waals surface area contributed by atoms with Crippen molar-refractivity contribution in [3.05, 3.63) is 29.8 Å². The highest BCUT2D eigenvalue weighted by Gasteiger charge is 2.27. The van der Waals surface area contributed by atoms with E-state index in [4.69, 9.17) is 11.2 Å². The molecule has 21 heavy (non-hydrogen) atoms. The molecule has 3 heteroatoms. The molecule has 1 aromatic carbocycles. The maximum absolute atomic E-state index is 5.99. The van der Waals surface area contributed by atoms with Crippen LogP contribution in [-0.2, 0) is 4.74 Å². The maximum Gasteiger partial charge on any atom is 0.0641 e. The number of aryl methyl sites for hydroxylation is 1. The van der Waals surface area contributed by atoms with Crippen LogP contribution in [0.2, 0.25) is 0 Å². The van der Waals surface area contributed by atoms with Crippen LogP contribution in [0.1, 0.15) is 39.7 Å². The van der Waals surface area contributed by atoms with E-state index in [9.17, 15) is 0 Å². The minimum Gasteiger partial charge on any atom is -0.375 e. The van der Waals surface area contributed by atoms with Gasteiger partial charge in [-0.05, 0) is 53.2 Å². The monoisotopic (exact) mass is 322 g/mol. The summed E-state index contributed by atoms with van der Waals surface area (Å²) in [6, 6.07) is 8.61. The summed E-state index contributed by atoms with van der Waals surface area (Å²) in [6.07, 6.45) is 6.42. The maximum atomic E-state index is 5.99. The zero-order chi connectivity index (χ0) is 15.9. The van der Waals surface area contributed by atoms with Gasteiger partial charge >= 0.3 is 0 Å². The molecule has 0 heterocycles. The Morgan fingerprint density at radius 1 is 1.14 bits per heavy atom. The Kier molecular flexibility index (Phi) is 7.20. The van der Waals surface area contributed by atoms with Gasteiger partial charge in [-0.1, -0.05) is 39.3 Å². The Hall–Kier alpha value is -0.560. The first-order valence-corrected chi connectivity index (χ1v) is 9.54. The Labute approximate surface area is 138 Å². The van der Waals surface area contributed by atoms with Crippen molar-refractivity contribution in [3.63, 3.8) is 0 Å². The van der Waals surface area contributed by atoms with Gasteiger partial charge in [-0.3, -0.25) is 0 Å². The fourth-order valence-electron chi connectivity index (χ4n) is 2.22. The molecular weight excluding hydrogens is 296 g/mol. The van der Waals surface area contributed by atoms with Crippen LogP contribution in [-0.4, -0.2) is 18.0 Å². The first-order valence-electron chi connectivity index (χ1n) is 7.22. The minimum atomic E-state index is -0.176. The van der Waals surface area contributed by atoms with Crippen molar-refractivity contribution in [1.29, 1.82) is 0 Å². The van der Waals surface area contributed by atoms with Gasteiger partial charge in [0.1, 0.15) is 0 Å². The van der Waals surface area contributed by atoms with Crippen molar-refractivity contribution in [3.8, 4) is 12.3 Å². The zero-order valence-electron chi connectivity index (χ0n) is 13.7. The summed E-state index contributed by atoms with van der Waals surface area (Å²) in [7, 11) is 3.63. The highest BCUT2D eigenvalue weighted by Crippen LogP contribution is 2.32. The number of hydrogen-bond donors (Lipinski definition) is 0. The number of ether oxygens (including phenoxy) is 1. The molecule has 1 rings (SSSR count). The Balaban J connectivity index is 2.24. The average Bonchev–Trinajstić information content (AvgIpc) is 2.39. The molecule has 0 aliphatic heterocycles. The predicted octanol–water partition coefficient (Wildman–Crippen LogP) is 5.58. The third kappa shape index (κ3) is 7.85. The van der Waals surface area contributed by atoms with Gasteiger partial charge in [0, 0.05) is 16.1 Å². The summed E-state index contributed by atoms with van der Waals surface area (Å²) in [4.78, 5) is 1.29. The lowest BCUT2D eigenvalue weighted by Gasteiger charge is -2.31. The molecule has 0 aliphatic carbocycles. The second-order valence-corrected chi connectivity index (χ2v) is 9.02. The normalized spacial score (nSPS) is 12.2. The summed E-state index contributed by atoms with van der Waals surface area (Å²) in [5.41, 5.74) is 1.00. The van der Waals surface area contributed by atoms with Crippen molar-refractivity contribution in [2.75, 3.05) is 12.4 Å². The van der Waals surface area contributed by atoms with Gasteiger partial charge in [0.2, 0.25) is 0 Å². The molecule has 1 nitrogen and oxygen atoms in total. The minimum absolute atomic E-state index is 0.118. The number of terminal acetylenes is 1. The molecule has 0 amide bonds. The lowest BCUT2D eigenvalue weighted by Crippen LogP contribution is -2.31. The van der Waals surface area contributed by atoms with Crippen LogP contribution in [0.4, 0.5) is 0 Å². The van der Waals surface area contributed by atoms with Gasteiger partial charge < -0.3 is 4.74 Å². The standard InChI is InChI=1S/C18H26OS2/c1-7-17(3,4)14-18(5,6)19-12-13-20-21-16-10-8-15(2)9-11-16/h1,8-11H,12-14H2,2-6H3. The van der Waals surface area contributed by atoms with Gasteiger partial charge in [-0.15, -0.1) is 12.3 Å². The highest BCUT2D eigenvalue weighted by molar-refractivity contribution is 8.76. The van der Waals surface area contributed by atoms with Crippen LogP contribution in [0.25, 0.3) is 0 Å². The highest BCUT2D eigenvalue weighted by atomic mass is 33.1. The molecule has 1 aromatic rings. The first kappa shape index (κ1) is 18.5. The van der Waals surface area contributed by atoms with Crippen molar-refractivity contribution < 1.29 is 4.74 Å². The van der Waals surface area contributed by atoms with Gasteiger partial charge in [0.25, 0.3) is 0 Å².